The van der Waals surface area contributed by atoms with E-state index in [0.29, 0.717) is 22.6 Å². The molecule has 0 atom stereocenters. The van der Waals surface area contributed by atoms with Crippen molar-refractivity contribution in [2.45, 2.75) is 13.8 Å². The van der Waals surface area contributed by atoms with Gasteiger partial charge in [-0.15, -0.1) is 0 Å². The lowest BCUT2D eigenvalue weighted by atomic mass is 10.1. The van der Waals surface area contributed by atoms with Crippen molar-refractivity contribution in [3.8, 4) is 11.5 Å². The summed E-state index contributed by atoms with van der Waals surface area (Å²) in [5.41, 5.74) is 0.696. The van der Waals surface area contributed by atoms with Crippen molar-refractivity contribution in [3.63, 3.8) is 0 Å². The number of hydrogen-bond donors (Lipinski definition) is 0. The number of rotatable bonds is 10. The third-order valence-corrected chi connectivity index (χ3v) is 3.69. The van der Waals surface area contributed by atoms with Crippen molar-refractivity contribution in [2.75, 3.05) is 26.4 Å². The Morgan fingerprint density at radius 3 is 1.46 bits per heavy atom. The minimum absolute atomic E-state index is 0.131. The van der Waals surface area contributed by atoms with E-state index in [0.717, 1.165) is 10.8 Å². The highest BCUT2D eigenvalue weighted by Gasteiger charge is 2.09. The van der Waals surface area contributed by atoms with Crippen LogP contribution in [0.15, 0.2) is 60.7 Å². The number of hydrogen-bond acceptors (Lipinski definition) is 6. The van der Waals surface area contributed by atoms with E-state index >= 15 is 0 Å². The molecule has 0 aliphatic heterocycles. The minimum Gasteiger partial charge on any atom is -0.489 e. The third-order valence-electron chi connectivity index (χ3n) is 3.69. The van der Waals surface area contributed by atoms with Gasteiger partial charge in [0.1, 0.15) is 37.9 Å². The quantitative estimate of drug-likeness (QED) is 0.352. The number of ether oxygens (including phenoxy) is 4. The lowest BCUT2D eigenvalue weighted by molar-refractivity contribution is -0.140. The van der Waals surface area contributed by atoms with E-state index in [4.69, 9.17) is 18.9 Å². The van der Waals surface area contributed by atoms with E-state index in [1.54, 1.807) is 13.8 Å². The average molecular weight is 384 g/mol. The molecule has 0 N–H and O–H groups in total. The second-order valence-electron chi connectivity index (χ2n) is 6.14. The number of fused-ring (bicyclic) bond motifs is 1. The number of carbonyl (C=O) groups excluding carboxylic acids is 2. The van der Waals surface area contributed by atoms with Crippen LogP contribution in [0.1, 0.15) is 13.8 Å². The second kappa shape index (κ2) is 10.2. The first-order chi connectivity index (χ1) is 13.4. The SMILES string of the molecule is C=C(C)C(=O)OCCOc1cccc2c(OCCOC(=O)C(=C)C)cccc12. The van der Waals surface area contributed by atoms with Crippen LogP contribution >= 0.6 is 0 Å². The Bertz CT molecular complexity index is 810. The van der Waals surface area contributed by atoms with Crippen molar-refractivity contribution in [1.82, 2.24) is 0 Å². The summed E-state index contributed by atoms with van der Waals surface area (Å²) in [5, 5.41) is 1.73. The van der Waals surface area contributed by atoms with Gasteiger partial charge in [0, 0.05) is 21.9 Å². The van der Waals surface area contributed by atoms with E-state index in [1.807, 2.05) is 36.4 Å². The monoisotopic (exact) mass is 384 g/mol. The molecule has 0 aliphatic rings. The van der Waals surface area contributed by atoms with Gasteiger partial charge in [0.25, 0.3) is 0 Å². The normalized spacial score (nSPS) is 10.2. The van der Waals surface area contributed by atoms with Crippen LogP contribution in [0.4, 0.5) is 0 Å². The van der Waals surface area contributed by atoms with Gasteiger partial charge in [-0.1, -0.05) is 37.4 Å². The fraction of sp³-hybridized carbons (Fsp3) is 0.273. The standard InChI is InChI=1S/C22H24O6/c1-15(2)21(23)27-13-11-25-19-9-5-8-18-17(19)7-6-10-20(18)26-12-14-28-22(24)16(3)4/h5-10H,1,3,11-14H2,2,4H3. The first kappa shape index (κ1) is 21.0. The van der Waals surface area contributed by atoms with E-state index in [9.17, 15) is 9.59 Å². The van der Waals surface area contributed by atoms with Crippen molar-refractivity contribution in [2.24, 2.45) is 0 Å². The van der Waals surface area contributed by atoms with E-state index < -0.39 is 11.9 Å². The van der Waals surface area contributed by atoms with Crippen molar-refractivity contribution < 1.29 is 28.5 Å². The van der Waals surface area contributed by atoms with E-state index in [-0.39, 0.29) is 26.4 Å². The molecule has 6 heteroatoms. The molecule has 6 nitrogen and oxygen atoms in total. The van der Waals surface area contributed by atoms with Crippen molar-refractivity contribution in [1.29, 1.82) is 0 Å². The highest BCUT2D eigenvalue weighted by atomic mass is 16.6. The van der Waals surface area contributed by atoms with Gasteiger partial charge in [0.2, 0.25) is 0 Å². The summed E-state index contributed by atoms with van der Waals surface area (Å²) in [4.78, 5) is 22.8. The fourth-order valence-electron chi connectivity index (χ4n) is 2.32. The molecule has 0 fully saturated rings. The van der Waals surface area contributed by atoms with E-state index in [2.05, 4.69) is 13.2 Å². The van der Waals surface area contributed by atoms with Gasteiger partial charge >= 0.3 is 11.9 Å². The first-order valence-electron chi connectivity index (χ1n) is 8.82. The van der Waals surface area contributed by atoms with E-state index in [1.165, 1.54) is 0 Å². The molecule has 2 aromatic rings. The summed E-state index contributed by atoms with van der Waals surface area (Å²) in [6.07, 6.45) is 0. The summed E-state index contributed by atoms with van der Waals surface area (Å²) < 4.78 is 21.5. The van der Waals surface area contributed by atoms with Crippen LogP contribution < -0.4 is 9.47 Å². The Labute approximate surface area is 164 Å². The largest absolute Gasteiger partial charge is 0.489 e. The van der Waals surface area contributed by atoms with Gasteiger partial charge in [0.05, 0.1) is 0 Å². The minimum atomic E-state index is -0.440. The number of carbonyl (C=O) groups is 2. The summed E-state index contributed by atoms with van der Waals surface area (Å²) in [7, 11) is 0. The molecule has 2 rings (SSSR count). The van der Waals surface area contributed by atoms with Crippen LogP contribution in [0.25, 0.3) is 10.8 Å². The molecule has 28 heavy (non-hydrogen) atoms. The molecule has 0 radical (unpaired) electrons. The Hall–Kier alpha value is -3.28. The number of esters is 2. The topological polar surface area (TPSA) is 71.1 Å². The Balaban J connectivity index is 1.97. The zero-order chi connectivity index (χ0) is 20.5. The van der Waals surface area contributed by atoms with Gasteiger partial charge in [-0.2, -0.15) is 0 Å². The van der Waals surface area contributed by atoms with Gasteiger partial charge in [0.15, 0.2) is 0 Å². The molecule has 0 aromatic heterocycles. The molecule has 0 saturated heterocycles. The molecular formula is C22H24O6. The zero-order valence-electron chi connectivity index (χ0n) is 16.2. The van der Waals surface area contributed by atoms with Crippen LogP contribution in [0.3, 0.4) is 0 Å². The maximum atomic E-state index is 11.4. The molecule has 0 spiro atoms. The lowest BCUT2D eigenvalue weighted by Gasteiger charge is -2.13. The van der Waals surface area contributed by atoms with Gasteiger partial charge in [-0.3, -0.25) is 0 Å². The molecule has 0 aliphatic carbocycles. The smallest absolute Gasteiger partial charge is 0.333 e. The molecule has 2 aromatic carbocycles. The predicted octanol–water partition coefficient (Wildman–Crippen LogP) is 3.84. The third kappa shape index (κ3) is 5.87. The summed E-state index contributed by atoms with van der Waals surface area (Å²) in [6.45, 7) is 11.0. The molecule has 148 valence electrons. The van der Waals surface area contributed by atoms with Gasteiger partial charge in [-0.05, 0) is 26.0 Å². The Morgan fingerprint density at radius 2 is 1.11 bits per heavy atom. The summed E-state index contributed by atoms with van der Waals surface area (Å²) >= 11 is 0. The first-order valence-corrected chi connectivity index (χ1v) is 8.82. The zero-order valence-corrected chi connectivity index (χ0v) is 16.2. The van der Waals surface area contributed by atoms with Crippen LogP contribution in [0, 0.1) is 0 Å². The highest BCUT2D eigenvalue weighted by molar-refractivity contribution is 5.93. The second-order valence-corrected chi connectivity index (χ2v) is 6.14. The van der Waals surface area contributed by atoms with Crippen molar-refractivity contribution >= 4 is 22.7 Å². The van der Waals surface area contributed by atoms with Gasteiger partial charge < -0.3 is 18.9 Å². The molecule has 0 unspecified atom stereocenters. The Morgan fingerprint density at radius 1 is 0.714 bits per heavy atom. The van der Waals surface area contributed by atoms with Crippen LogP contribution in [-0.2, 0) is 19.1 Å². The highest BCUT2D eigenvalue weighted by Crippen LogP contribution is 2.32. The predicted molar refractivity (Wildman–Crippen MR) is 106 cm³/mol. The maximum Gasteiger partial charge on any atom is 0.333 e. The van der Waals surface area contributed by atoms with Crippen LogP contribution in [0.5, 0.6) is 11.5 Å². The lowest BCUT2D eigenvalue weighted by Crippen LogP contribution is -2.13. The van der Waals surface area contributed by atoms with Gasteiger partial charge in [-0.25, -0.2) is 9.59 Å². The molecule has 0 heterocycles. The Kier molecular flexibility index (Phi) is 7.63. The fourth-order valence-corrected chi connectivity index (χ4v) is 2.32. The molecule has 0 bridgehead atoms. The summed E-state index contributed by atoms with van der Waals surface area (Å²) in [5.74, 6) is 0.431. The van der Waals surface area contributed by atoms with Crippen LogP contribution in [0.2, 0.25) is 0 Å². The van der Waals surface area contributed by atoms with Crippen molar-refractivity contribution in [3.05, 3.63) is 60.7 Å². The number of benzene rings is 2. The average Bonchev–Trinajstić information content (AvgIpc) is 2.68. The molecular weight excluding hydrogens is 360 g/mol. The van der Waals surface area contributed by atoms with Crippen LogP contribution in [-0.4, -0.2) is 38.4 Å². The maximum absolute atomic E-state index is 11.4. The molecule has 0 saturated carbocycles. The summed E-state index contributed by atoms with van der Waals surface area (Å²) in [6, 6.07) is 11.2. The molecule has 0 amide bonds.